The molecule has 1 heterocycles. The monoisotopic (exact) mass is 211 g/mol. The van der Waals surface area contributed by atoms with Gasteiger partial charge < -0.3 is 4.74 Å². The van der Waals surface area contributed by atoms with Crippen LogP contribution in [0.3, 0.4) is 0 Å². The van der Waals surface area contributed by atoms with E-state index in [1.165, 1.54) is 12.2 Å². The first-order chi connectivity index (χ1) is 7.15. The van der Waals surface area contributed by atoms with Gasteiger partial charge in [-0.2, -0.15) is 0 Å². The smallest absolute Gasteiger partial charge is 0.307 e. The Labute approximate surface area is 87.7 Å². The number of carbonyl (C=O) groups excluding carboxylic acids is 3. The summed E-state index contributed by atoms with van der Waals surface area (Å²) >= 11 is 0. The molecular formula is C10H13NO4. The van der Waals surface area contributed by atoms with E-state index < -0.39 is 0 Å². The van der Waals surface area contributed by atoms with Crippen molar-refractivity contribution in [1.82, 2.24) is 4.90 Å². The lowest BCUT2D eigenvalue weighted by Crippen LogP contribution is -2.32. The van der Waals surface area contributed by atoms with Crippen molar-refractivity contribution in [2.75, 3.05) is 13.2 Å². The molecule has 0 spiro atoms. The van der Waals surface area contributed by atoms with Crippen LogP contribution in [0.1, 0.15) is 19.8 Å². The van der Waals surface area contributed by atoms with Crippen LogP contribution in [0.25, 0.3) is 0 Å². The van der Waals surface area contributed by atoms with Crippen LogP contribution in [0.5, 0.6) is 0 Å². The molecule has 5 nitrogen and oxygen atoms in total. The molecule has 0 aliphatic carbocycles. The molecule has 0 aromatic heterocycles. The highest BCUT2D eigenvalue weighted by Gasteiger charge is 2.23. The van der Waals surface area contributed by atoms with Gasteiger partial charge in [0.15, 0.2) is 0 Å². The molecule has 0 N–H and O–H groups in total. The van der Waals surface area contributed by atoms with Crippen molar-refractivity contribution in [3.8, 4) is 0 Å². The Morgan fingerprint density at radius 3 is 2.47 bits per heavy atom. The predicted octanol–water partition coefficient (Wildman–Crippen LogP) is 0.255. The Kier molecular flexibility index (Phi) is 4.03. The van der Waals surface area contributed by atoms with E-state index in [9.17, 15) is 14.4 Å². The topological polar surface area (TPSA) is 63.7 Å². The van der Waals surface area contributed by atoms with Crippen LogP contribution in [0.2, 0.25) is 0 Å². The fraction of sp³-hybridized carbons (Fsp3) is 0.500. The third-order valence-corrected chi connectivity index (χ3v) is 1.91. The van der Waals surface area contributed by atoms with Gasteiger partial charge in [0.2, 0.25) is 0 Å². The van der Waals surface area contributed by atoms with E-state index in [0.717, 1.165) is 11.3 Å². The number of hydrogen-bond acceptors (Lipinski definition) is 4. The molecule has 2 amide bonds. The van der Waals surface area contributed by atoms with Crippen LogP contribution < -0.4 is 0 Å². The number of amides is 2. The summed E-state index contributed by atoms with van der Waals surface area (Å²) in [6.07, 6.45) is 3.20. The molecule has 82 valence electrons. The summed E-state index contributed by atoms with van der Waals surface area (Å²) in [6, 6.07) is 0. The molecule has 1 aliphatic rings. The summed E-state index contributed by atoms with van der Waals surface area (Å²) in [5.41, 5.74) is 0. The van der Waals surface area contributed by atoms with Gasteiger partial charge >= 0.3 is 5.97 Å². The van der Waals surface area contributed by atoms with Crippen LogP contribution in [-0.2, 0) is 19.1 Å². The zero-order chi connectivity index (χ0) is 11.3. The average Bonchev–Trinajstić information content (AvgIpc) is 2.53. The van der Waals surface area contributed by atoms with Crippen LogP contribution in [-0.4, -0.2) is 35.8 Å². The first-order valence-electron chi connectivity index (χ1n) is 4.84. The van der Waals surface area contributed by atoms with Gasteiger partial charge in [0.1, 0.15) is 0 Å². The third kappa shape index (κ3) is 3.19. The van der Waals surface area contributed by atoms with E-state index in [1.54, 1.807) is 0 Å². The third-order valence-electron chi connectivity index (χ3n) is 1.91. The maximum Gasteiger partial charge on any atom is 0.307 e. The zero-order valence-corrected chi connectivity index (χ0v) is 8.56. The maximum absolute atomic E-state index is 11.1. The normalized spacial score (nSPS) is 14.9. The second kappa shape index (κ2) is 5.29. The highest BCUT2D eigenvalue weighted by Crippen LogP contribution is 2.04. The number of nitrogens with zero attached hydrogens (tertiary/aromatic N) is 1. The molecule has 1 aliphatic heterocycles. The van der Waals surface area contributed by atoms with Gasteiger partial charge in [0, 0.05) is 18.7 Å². The Hall–Kier alpha value is -1.65. The first-order valence-corrected chi connectivity index (χ1v) is 4.84. The Bertz CT molecular complexity index is 291. The van der Waals surface area contributed by atoms with E-state index in [2.05, 4.69) is 0 Å². The van der Waals surface area contributed by atoms with Crippen molar-refractivity contribution in [3.63, 3.8) is 0 Å². The molecule has 0 bridgehead atoms. The molecule has 0 saturated heterocycles. The van der Waals surface area contributed by atoms with E-state index in [-0.39, 0.29) is 30.7 Å². The molecule has 0 aromatic rings. The predicted molar refractivity (Wildman–Crippen MR) is 51.7 cm³/mol. The van der Waals surface area contributed by atoms with Crippen LogP contribution in [0, 0.1) is 0 Å². The van der Waals surface area contributed by atoms with Crippen molar-refractivity contribution in [2.45, 2.75) is 19.8 Å². The molecule has 0 radical (unpaired) electrons. The van der Waals surface area contributed by atoms with Crippen molar-refractivity contribution in [3.05, 3.63) is 12.2 Å². The first kappa shape index (κ1) is 11.4. The summed E-state index contributed by atoms with van der Waals surface area (Å²) in [4.78, 5) is 34.3. The van der Waals surface area contributed by atoms with Crippen molar-refractivity contribution >= 4 is 17.8 Å². The molecule has 15 heavy (non-hydrogen) atoms. The average molecular weight is 211 g/mol. The number of rotatable bonds is 5. The van der Waals surface area contributed by atoms with Gasteiger partial charge in [0.05, 0.1) is 13.0 Å². The molecule has 5 heteroatoms. The Balaban J connectivity index is 2.28. The summed E-state index contributed by atoms with van der Waals surface area (Å²) in [7, 11) is 0. The summed E-state index contributed by atoms with van der Waals surface area (Å²) in [6.45, 7) is 2.36. The van der Waals surface area contributed by atoms with E-state index in [4.69, 9.17) is 4.74 Å². The Morgan fingerprint density at radius 2 is 1.93 bits per heavy atom. The molecule has 0 unspecified atom stereocenters. The SMILES string of the molecule is CCCOC(=O)CCN1C(=O)C=CC1=O. The van der Waals surface area contributed by atoms with Crippen LogP contribution in [0.4, 0.5) is 0 Å². The molecule has 0 aromatic carbocycles. The highest BCUT2D eigenvalue weighted by molar-refractivity contribution is 6.12. The number of hydrogen-bond donors (Lipinski definition) is 0. The fourth-order valence-corrected chi connectivity index (χ4v) is 1.14. The van der Waals surface area contributed by atoms with Gasteiger partial charge in [-0.3, -0.25) is 19.3 Å². The lowest BCUT2D eigenvalue weighted by Gasteiger charge is -2.12. The van der Waals surface area contributed by atoms with Gasteiger partial charge in [-0.15, -0.1) is 0 Å². The van der Waals surface area contributed by atoms with Gasteiger partial charge in [0.25, 0.3) is 11.8 Å². The Morgan fingerprint density at radius 1 is 1.33 bits per heavy atom. The summed E-state index contributed by atoms with van der Waals surface area (Å²) in [5, 5.41) is 0. The van der Waals surface area contributed by atoms with Gasteiger partial charge in [-0.05, 0) is 6.42 Å². The van der Waals surface area contributed by atoms with Gasteiger partial charge in [-0.1, -0.05) is 6.92 Å². The van der Waals surface area contributed by atoms with Crippen molar-refractivity contribution < 1.29 is 19.1 Å². The van der Waals surface area contributed by atoms with E-state index >= 15 is 0 Å². The highest BCUT2D eigenvalue weighted by atomic mass is 16.5. The molecule has 0 fully saturated rings. The lowest BCUT2D eigenvalue weighted by atomic mass is 10.4. The minimum atomic E-state index is -0.385. The molecule has 1 rings (SSSR count). The minimum absolute atomic E-state index is 0.0547. The fourth-order valence-electron chi connectivity index (χ4n) is 1.14. The number of carbonyl (C=O) groups is 3. The van der Waals surface area contributed by atoms with Crippen LogP contribution >= 0.6 is 0 Å². The van der Waals surface area contributed by atoms with Gasteiger partial charge in [-0.25, -0.2) is 0 Å². The molecular weight excluding hydrogens is 198 g/mol. The summed E-state index contributed by atoms with van der Waals surface area (Å²) < 4.78 is 4.81. The maximum atomic E-state index is 11.1. The number of esters is 1. The number of ether oxygens (including phenoxy) is 1. The lowest BCUT2D eigenvalue weighted by molar-refractivity contribution is -0.145. The second-order valence-corrected chi connectivity index (χ2v) is 3.13. The standard InChI is InChI=1S/C10H13NO4/c1-2-7-15-10(14)5-6-11-8(12)3-4-9(11)13/h3-4H,2,5-7H2,1H3. The van der Waals surface area contributed by atoms with Crippen molar-refractivity contribution in [2.24, 2.45) is 0 Å². The molecule has 0 atom stereocenters. The summed E-state index contributed by atoms with van der Waals surface area (Å²) in [5.74, 6) is -1.13. The largest absolute Gasteiger partial charge is 0.466 e. The molecule has 0 saturated carbocycles. The zero-order valence-electron chi connectivity index (χ0n) is 8.56. The quantitative estimate of drug-likeness (QED) is 0.483. The number of imide groups is 1. The second-order valence-electron chi connectivity index (χ2n) is 3.13. The van der Waals surface area contributed by atoms with E-state index in [1.807, 2.05) is 6.92 Å². The van der Waals surface area contributed by atoms with E-state index in [0.29, 0.717) is 6.61 Å². The van der Waals surface area contributed by atoms with Crippen molar-refractivity contribution in [1.29, 1.82) is 0 Å². The van der Waals surface area contributed by atoms with Crippen LogP contribution in [0.15, 0.2) is 12.2 Å². The minimum Gasteiger partial charge on any atom is -0.466 e.